The van der Waals surface area contributed by atoms with E-state index in [1.165, 1.54) is 0 Å². The third-order valence-corrected chi connectivity index (χ3v) is 3.20. The minimum absolute atomic E-state index is 0.137. The lowest BCUT2D eigenvalue weighted by molar-refractivity contribution is 0.104. The van der Waals surface area contributed by atoms with Crippen LogP contribution in [-0.2, 0) is 0 Å². The van der Waals surface area contributed by atoms with Crippen molar-refractivity contribution >= 4 is 7.12 Å². The van der Waals surface area contributed by atoms with Crippen molar-refractivity contribution in [3.63, 3.8) is 0 Å². The van der Waals surface area contributed by atoms with Crippen LogP contribution >= 0.6 is 0 Å². The number of hydrogen-bond acceptors (Lipinski definition) is 5. The fraction of sp³-hybridized carbons (Fsp3) is 1.00. The van der Waals surface area contributed by atoms with Crippen LogP contribution in [0, 0.1) is 0 Å². The highest BCUT2D eigenvalue weighted by Gasteiger charge is 2.27. The molecule has 1 aliphatic rings. The summed E-state index contributed by atoms with van der Waals surface area (Å²) in [4.78, 5) is 0. The number of rotatable bonds is 7. The topological polar surface area (TPSA) is 98.7 Å². The molecule has 6 heteroatoms. The van der Waals surface area contributed by atoms with Gasteiger partial charge in [-0.25, -0.2) is 0 Å². The molecule has 3 atom stereocenters. The number of unbranched alkanes of at least 4 members (excludes halogenated alkanes) is 1. The molecule has 0 aromatic heterocycles. The van der Waals surface area contributed by atoms with Gasteiger partial charge >= 0.3 is 7.12 Å². The highest BCUT2D eigenvalue weighted by Crippen LogP contribution is 2.14. The lowest BCUT2D eigenvalue weighted by Gasteiger charge is -2.24. The Morgan fingerprint density at radius 1 is 1.38 bits per heavy atom. The van der Waals surface area contributed by atoms with Gasteiger partial charge in [0.25, 0.3) is 0 Å². The Kier molecular flexibility index (Phi) is 6.30. The van der Waals surface area contributed by atoms with Gasteiger partial charge < -0.3 is 26.2 Å². The Bertz CT molecular complexity index is 189. The third-order valence-electron chi connectivity index (χ3n) is 3.20. The first-order valence-corrected chi connectivity index (χ1v) is 6.14. The molecule has 2 unspecified atom stereocenters. The van der Waals surface area contributed by atoms with Crippen LogP contribution in [0.1, 0.15) is 32.1 Å². The summed E-state index contributed by atoms with van der Waals surface area (Å²) in [7, 11) is -1.22. The van der Waals surface area contributed by atoms with Gasteiger partial charge in [-0.3, -0.25) is 0 Å². The zero-order chi connectivity index (χ0) is 12.0. The molecule has 0 aliphatic carbocycles. The van der Waals surface area contributed by atoms with Crippen LogP contribution in [0.2, 0.25) is 6.32 Å². The van der Waals surface area contributed by atoms with Gasteiger partial charge in [0.2, 0.25) is 0 Å². The van der Waals surface area contributed by atoms with Gasteiger partial charge in [-0.05, 0) is 32.1 Å². The third kappa shape index (κ3) is 4.80. The second kappa shape index (κ2) is 7.24. The van der Waals surface area contributed by atoms with Crippen LogP contribution in [0.25, 0.3) is 0 Å². The van der Waals surface area contributed by atoms with Crippen LogP contribution < -0.4 is 11.1 Å². The second-order valence-corrected chi connectivity index (χ2v) is 4.62. The summed E-state index contributed by atoms with van der Waals surface area (Å²) in [5.74, 6) is 0. The highest BCUT2D eigenvalue weighted by atomic mass is 16.4. The van der Waals surface area contributed by atoms with E-state index in [9.17, 15) is 5.11 Å². The number of aliphatic hydroxyl groups excluding tert-OH is 1. The quantitative estimate of drug-likeness (QED) is 0.287. The van der Waals surface area contributed by atoms with E-state index in [0.29, 0.717) is 6.32 Å². The molecule has 0 aromatic rings. The van der Waals surface area contributed by atoms with E-state index < -0.39 is 13.2 Å². The van der Waals surface area contributed by atoms with Gasteiger partial charge in [-0.1, -0.05) is 12.8 Å². The van der Waals surface area contributed by atoms with Gasteiger partial charge in [0.15, 0.2) is 0 Å². The lowest BCUT2D eigenvalue weighted by atomic mass is 9.83. The van der Waals surface area contributed by atoms with Crippen LogP contribution in [0.3, 0.4) is 0 Å². The molecule has 1 saturated heterocycles. The van der Waals surface area contributed by atoms with E-state index >= 15 is 0 Å². The molecule has 94 valence electrons. The van der Waals surface area contributed by atoms with Crippen molar-refractivity contribution in [2.45, 2.75) is 56.6 Å². The molecule has 0 amide bonds. The average Bonchev–Trinajstić information content (AvgIpc) is 2.76. The van der Waals surface area contributed by atoms with Crippen molar-refractivity contribution < 1.29 is 15.2 Å². The fourth-order valence-electron chi connectivity index (χ4n) is 2.18. The molecule has 1 rings (SSSR count). The largest absolute Gasteiger partial charge is 0.451 e. The summed E-state index contributed by atoms with van der Waals surface area (Å²) in [6.45, 7) is 0.963. The van der Waals surface area contributed by atoms with Gasteiger partial charge in [-0.2, -0.15) is 0 Å². The SMILES string of the molecule is N[C@H](CCCCB(O)O)C(O)C1CCCN1. The van der Waals surface area contributed by atoms with Gasteiger partial charge in [0, 0.05) is 12.1 Å². The van der Waals surface area contributed by atoms with Crippen molar-refractivity contribution in [2.24, 2.45) is 5.73 Å². The monoisotopic (exact) mass is 230 g/mol. The molecule has 0 spiro atoms. The standard InChI is InChI=1S/C10H23BN2O3/c12-8(4-1-2-6-11(15)16)10(14)9-5-3-7-13-9/h8-10,13-16H,1-7,12H2/t8-,9?,10?/m1/s1. The number of hydrogen-bond donors (Lipinski definition) is 5. The molecule has 1 aliphatic heterocycles. The second-order valence-electron chi connectivity index (χ2n) is 4.62. The predicted molar refractivity (Wildman–Crippen MR) is 63.9 cm³/mol. The Hall–Kier alpha value is -0.135. The van der Waals surface area contributed by atoms with Crippen molar-refractivity contribution in [1.29, 1.82) is 0 Å². The van der Waals surface area contributed by atoms with Crippen molar-refractivity contribution in [1.82, 2.24) is 5.32 Å². The van der Waals surface area contributed by atoms with E-state index in [2.05, 4.69) is 5.32 Å². The summed E-state index contributed by atoms with van der Waals surface area (Å²) < 4.78 is 0. The summed E-state index contributed by atoms with van der Waals surface area (Å²) in [5.41, 5.74) is 5.90. The summed E-state index contributed by atoms with van der Waals surface area (Å²) in [6.07, 6.45) is 4.27. The van der Waals surface area contributed by atoms with Crippen molar-refractivity contribution in [2.75, 3.05) is 6.54 Å². The average molecular weight is 230 g/mol. The highest BCUT2D eigenvalue weighted by molar-refractivity contribution is 6.40. The maximum atomic E-state index is 9.94. The molecule has 1 fully saturated rings. The molecule has 1 heterocycles. The number of nitrogens with two attached hydrogens (primary N) is 1. The zero-order valence-corrected chi connectivity index (χ0v) is 9.68. The predicted octanol–water partition coefficient (Wildman–Crippen LogP) is -0.930. The molecule has 0 aromatic carbocycles. The Labute approximate surface area is 97.2 Å². The Morgan fingerprint density at radius 3 is 2.69 bits per heavy atom. The smallest absolute Gasteiger partial charge is 0.427 e. The van der Waals surface area contributed by atoms with E-state index in [1.807, 2.05) is 0 Å². The molecule has 0 bridgehead atoms. The first-order valence-electron chi connectivity index (χ1n) is 6.14. The first kappa shape index (κ1) is 13.9. The summed E-state index contributed by atoms with van der Waals surface area (Å²) >= 11 is 0. The zero-order valence-electron chi connectivity index (χ0n) is 9.68. The first-order chi connectivity index (χ1) is 7.61. The summed E-state index contributed by atoms with van der Waals surface area (Å²) in [5, 5.41) is 30.5. The van der Waals surface area contributed by atoms with Crippen molar-refractivity contribution in [3.05, 3.63) is 0 Å². The Morgan fingerprint density at radius 2 is 2.12 bits per heavy atom. The van der Waals surface area contributed by atoms with Crippen LogP contribution in [-0.4, -0.2) is 47.0 Å². The molecule has 6 N–H and O–H groups in total. The van der Waals surface area contributed by atoms with Gasteiger partial charge in [-0.15, -0.1) is 0 Å². The lowest BCUT2D eigenvalue weighted by Crippen LogP contribution is -2.47. The minimum atomic E-state index is -1.22. The van der Waals surface area contributed by atoms with E-state index in [1.54, 1.807) is 0 Å². The molecular formula is C10H23BN2O3. The van der Waals surface area contributed by atoms with Crippen LogP contribution in [0.15, 0.2) is 0 Å². The van der Waals surface area contributed by atoms with Crippen molar-refractivity contribution in [3.8, 4) is 0 Å². The fourth-order valence-corrected chi connectivity index (χ4v) is 2.18. The maximum Gasteiger partial charge on any atom is 0.451 e. The van der Waals surface area contributed by atoms with E-state index in [-0.39, 0.29) is 12.1 Å². The van der Waals surface area contributed by atoms with E-state index in [0.717, 1.165) is 38.6 Å². The van der Waals surface area contributed by atoms with Crippen LogP contribution in [0.4, 0.5) is 0 Å². The molecular weight excluding hydrogens is 207 g/mol. The molecule has 5 nitrogen and oxygen atoms in total. The maximum absolute atomic E-state index is 9.94. The van der Waals surface area contributed by atoms with Gasteiger partial charge in [0.05, 0.1) is 6.10 Å². The van der Waals surface area contributed by atoms with Crippen LogP contribution in [0.5, 0.6) is 0 Å². The molecule has 0 saturated carbocycles. The Balaban J connectivity index is 2.10. The number of aliphatic hydroxyl groups is 1. The van der Waals surface area contributed by atoms with E-state index in [4.69, 9.17) is 15.8 Å². The number of nitrogens with one attached hydrogen (secondary N) is 1. The molecule has 0 radical (unpaired) electrons. The molecule has 16 heavy (non-hydrogen) atoms. The van der Waals surface area contributed by atoms with Gasteiger partial charge in [0.1, 0.15) is 0 Å². The normalized spacial score (nSPS) is 24.4. The summed E-state index contributed by atoms with van der Waals surface area (Å²) in [6, 6.07) is -0.0788. The minimum Gasteiger partial charge on any atom is -0.427 e.